The van der Waals surface area contributed by atoms with E-state index in [-0.39, 0.29) is 0 Å². The molecule has 0 saturated heterocycles. The third-order valence-electron chi connectivity index (χ3n) is 5.38. The van der Waals surface area contributed by atoms with Crippen LogP contribution in [0.3, 0.4) is 0 Å². The zero-order valence-corrected chi connectivity index (χ0v) is 17.5. The molecule has 1 heterocycles. The Labute approximate surface area is 189 Å². The van der Waals surface area contributed by atoms with Crippen LogP contribution in [0.25, 0.3) is 22.4 Å². The van der Waals surface area contributed by atoms with Crippen LogP contribution in [0, 0.1) is 5.82 Å². The van der Waals surface area contributed by atoms with Crippen molar-refractivity contribution in [3.63, 3.8) is 0 Å². The molecule has 4 rings (SSSR count). The van der Waals surface area contributed by atoms with Crippen LogP contribution in [0.2, 0.25) is 0 Å². The van der Waals surface area contributed by atoms with Crippen LogP contribution in [0.4, 0.5) is 4.39 Å². The molecule has 0 aliphatic heterocycles. The molecule has 4 aromatic rings. The van der Waals surface area contributed by atoms with Crippen LogP contribution in [0.15, 0.2) is 85.1 Å². The molecular weight excluding hydrogens is 421 g/mol. The number of halogens is 1. The Morgan fingerprint density at radius 2 is 1.45 bits per heavy atom. The molecule has 7 nitrogen and oxygen atoms in total. The van der Waals surface area contributed by atoms with Gasteiger partial charge in [-0.25, -0.2) is 4.39 Å². The summed E-state index contributed by atoms with van der Waals surface area (Å²) in [6, 6.07) is 21.5. The summed E-state index contributed by atoms with van der Waals surface area (Å²) < 4.78 is 14.5. The molecule has 2 amide bonds. The Morgan fingerprint density at radius 3 is 2.09 bits per heavy atom. The summed E-state index contributed by atoms with van der Waals surface area (Å²) in [6.07, 6.45) is 1.52. The Hall–Kier alpha value is -4.30. The van der Waals surface area contributed by atoms with Gasteiger partial charge in [-0.15, -0.1) is 0 Å². The van der Waals surface area contributed by atoms with Crippen molar-refractivity contribution in [2.24, 2.45) is 11.5 Å². The summed E-state index contributed by atoms with van der Waals surface area (Å²) in [5, 5.41) is 9.83. The van der Waals surface area contributed by atoms with E-state index < -0.39 is 29.7 Å². The highest BCUT2D eigenvalue weighted by Gasteiger charge is 2.29. The number of nitrogens with one attached hydrogen (secondary N) is 2. The van der Waals surface area contributed by atoms with E-state index in [0.29, 0.717) is 22.4 Å². The van der Waals surface area contributed by atoms with E-state index >= 15 is 0 Å². The largest absolute Gasteiger partial charge is 0.368 e. The molecule has 6 N–H and O–H groups in total. The minimum absolute atomic E-state index is 0.299. The quantitative estimate of drug-likeness (QED) is 0.312. The molecule has 0 radical (unpaired) electrons. The van der Waals surface area contributed by atoms with Gasteiger partial charge in [-0.05, 0) is 28.8 Å². The Morgan fingerprint density at radius 1 is 0.848 bits per heavy atom. The van der Waals surface area contributed by atoms with Crippen LogP contribution in [0.1, 0.15) is 17.2 Å². The number of H-pyrrole nitrogens is 1. The molecule has 3 aromatic carbocycles. The maximum Gasteiger partial charge on any atom is 0.244 e. The van der Waals surface area contributed by atoms with Gasteiger partial charge in [-0.3, -0.25) is 20.0 Å². The smallest absolute Gasteiger partial charge is 0.244 e. The van der Waals surface area contributed by atoms with Crippen LogP contribution < -0.4 is 16.8 Å². The molecular formula is C25H22FN5O2. The zero-order chi connectivity index (χ0) is 23.4. The maximum atomic E-state index is 14.5. The normalized spacial score (nSPS) is 11.9. The first kappa shape index (κ1) is 21.9. The highest BCUT2D eigenvalue weighted by molar-refractivity contribution is 6.03. The second kappa shape index (κ2) is 9.46. The Balaban J connectivity index is 1.79. The summed E-state index contributed by atoms with van der Waals surface area (Å²) in [4.78, 5) is 23.8. The van der Waals surface area contributed by atoms with Crippen LogP contribution in [-0.2, 0) is 9.59 Å². The fraction of sp³-hybridized carbons (Fsp3) is 0.0800. The van der Waals surface area contributed by atoms with Gasteiger partial charge in [-0.2, -0.15) is 5.10 Å². The third-order valence-corrected chi connectivity index (χ3v) is 5.38. The monoisotopic (exact) mass is 443 g/mol. The first-order valence-corrected chi connectivity index (χ1v) is 10.2. The highest BCUT2D eigenvalue weighted by atomic mass is 19.1. The molecule has 1 atom stereocenters. The van der Waals surface area contributed by atoms with E-state index in [4.69, 9.17) is 11.5 Å². The molecule has 0 aliphatic rings. The highest BCUT2D eigenvalue weighted by Crippen LogP contribution is 2.33. The van der Waals surface area contributed by atoms with Gasteiger partial charge in [0.1, 0.15) is 5.82 Å². The fourth-order valence-electron chi connectivity index (χ4n) is 3.73. The second-order valence-corrected chi connectivity index (χ2v) is 7.51. The number of nitrogens with two attached hydrogens (primary N) is 2. The number of amides is 2. The minimum atomic E-state index is -1.44. The van der Waals surface area contributed by atoms with E-state index in [9.17, 15) is 14.0 Å². The van der Waals surface area contributed by atoms with E-state index in [1.807, 2.05) is 54.6 Å². The van der Waals surface area contributed by atoms with Gasteiger partial charge >= 0.3 is 0 Å². The van der Waals surface area contributed by atoms with E-state index in [1.54, 1.807) is 18.2 Å². The maximum absolute atomic E-state index is 14.5. The first-order valence-electron chi connectivity index (χ1n) is 10.2. The van der Waals surface area contributed by atoms with Gasteiger partial charge in [-0.1, -0.05) is 66.7 Å². The molecule has 0 spiro atoms. The minimum Gasteiger partial charge on any atom is -0.368 e. The summed E-state index contributed by atoms with van der Waals surface area (Å²) in [5.41, 5.74) is 14.8. The van der Waals surface area contributed by atoms with Crippen molar-refractivity contribution in [2.45, 2.75) is 12.1 Å². The first-order chi connectivity index (χ1) is 16.0. The fourth-order valence-corrected chi connectivity index (χ4v) is 3.73. The van der Waals surface area contributed by atoms with Crippen molar-refractivity contribution < 1.29 is 14.0 Å². The zero-order valence-electron chi connectivity index (χ0n) is 17.5. The molecule has 1 aromatic heterocycles. The Bertz CT molecular complexity index is 1260. The number of aromatic amines is 1. The number of primary amides is 2. The van der Waals surface area contributed by atoms with Crippen molar-refractivity contribution in [1.29, 1.82) is 0 Å². The lowest BCUT2D eigenvalue weighted by atomic mass is 9.93. The van der Waals surface area contributed by atoms with Crippen LogP contribution in [-0.4, -0.2) is 28.1 Å². The van der Waals surface area contributed by atoms with Gasteiger partial charge < -0.3 is 11.5 Å². The lowest BCUT2D eigenvalue weighted by molar-refractivity contribution is -0.129. The molecule has 0 saturated carbocycles. The van der Waals surface area contributed by atoms with Gasteiger partial charge in [0.15, 0.2) is 6.04 Å². The van der Waals surface area contributed by atoms with Gasteiger partial charge in [0.25, 0.3) is 0 Å². The molecule has 33 heavy (non-hydrogen) atoms. The summed E-state index contributed by atoms with van der Waals surface area (Å²) in [6.45, 7) is 0. The van der Waals surface area contributed by atoms with Crippen molar-refractivity contribution in [1.82, 2.24) is 15.5 Å². The number of hydrogen-bond acceptors (Lipinski definition) is 4. The van der Waals surface area contributed by atoms with E-state index in [2.05, 4.69) is 15.5 Å². The average molecular weight is 443 g/mol. The standard InChI is InChI=1S/C25H22FN5O2/c26-20-9-5-4-8-18(20)22-19(14-29-31-22)21(30-23(24(27)32)25(28)33)17-12-10-16(11-13-17)15-6-2-1-3-7-15/h1-14,21,23,30H,(H2,27,32)(H2,28,33)(H,29,31). The van der Waals surface area contributed by atoms with Gasteiger partial charge in [0.2, 0.25) is 11.8 Å². The van der Waals surface area contributed by atoms with E-state index in [1.165, 1.54) is 12.3 Å². The molecule has 8 heteroatoms. The van der Waals surface area contributed by atoms with E-state index in [0.717, 1.165) is 11.1 Å². The molecule has 0 bridgehead atoms. The number of carbonyl (C=O) groups is 2. The van der Waals surface area contributed by atoms with Crippen LogP contribution in [0.5, 0.6) is 0 Å². The Kier molecular flexibility index (Phi) is 6.28. The number of rotatable bonds is 8. The number of hydrogen-bond donors (Lipinski definition) is 4. The molecule has 166 valence electrons. The van der Waals surface area contributed by atoms with Crippen molar-refractivity contribution in [3.05, 3.63) is 102 Å². The molecule has 0 aliphatic carbocycles. The lowest BCUT2D eigenvalue weighted by Gasteiger charge is -2.23. The number of carbonyl (C=O) groups excluding carboxylic acids is 2. The van der Waals surface area contributed by atoms with Gasteiger partial charge in [0, 0.05) is 11.1 Å². The van der Waals surface area contributed by atoms with Gasteiger partial charge in [0.05, 0.1) is 17.9 Å². The number of aromatic nitrogens is 2. The summed E-state index contributed by atoms with van der Waals surface area (Å²) in [7, 11) is 0. The van der Waals surface area contributed by atoms with Crippen molar-refractivity contribution >= 4 is 11.8 Å². The van der Waals surface area contributed by atoms with Crippen LogP contribution >= 0.6 is 0 Å². The van der Waals surface area contributed by atoms with Crippen molar-refractivity contribution in [3.8, 4) is 22.4 Å². The predicted octanol–water partition coefficient (Wildman–Crippen LogP) is 2.90. The molecule has 1 unspecified atom stereocenters. The molecule has 0 fully saturated rings. The predicted molar refractivity (Wildman–Crippen MR) is 123 cm³/mol. The SMILES string of the molecule is NC(=O)C(NC(c1ccc(-c2ccccc2)cc1)c1cn[nH]c1-c1ccccc1F)C(N)=O. The number of nitrogens with zero attached hydrogens (tertiary/aromatic N) is 1. The summed E-state index contributed by atoms with van der Waals surface area (Å²) >= 11 is 0. The average Bonchev–Trinajstić information content (AvgIpc) is 3.29. The topological polar surface area (TPSA) is 127 Å². The lowest BCUT2D eigenvalue weighted by Crippen LogP contribution is -2.51. The summed E-state index contributed by atoms with van der Waals surface area (Å²) in [5.74, 6) is -2.27. The van der Waals surface area contributed by atoms with Crippen molar-refractivity contribution in [2.75, 3.05) is 0 Å². The second-order valence-electron chi connectivity index (χ2n) is 7.51. The third kappa shape index (κ3) is 4.65. The number of benzene rings is 3.